The molecule has 1 aliphatic heterocycles. The number of rotatable bonds is 3. The fourth-order valence-electron chi connectivity index (χ4n) is 2.79. The molecular formula is C15H22Cl2N2. The second-order valence-electron chi connectivity index (χ2n) is 5.32. The Morgan fingerprint density at radius 1 is 1.16 bits per heavy atom. The first-order chi connectivity index (χ1) is 9.08. The van der Waals surface area contributed by atoms with Crippen molar-refractivity contribution in [3.8, 4) is 0 Å². The van der Waals surface area contributed by atoms with Gasteiger partial charge in [-0.2, -0.15) is 0 Å². The minimum absolute atomic E-state index is 0.200. The van der Waals surface area contributed by atoms with Gasteiger partial charge in [0.25, 0.3) is 0 Å². The molecule has 0 bridgehead atoms. The summed E-state index contributed by atoms with van der Waals surface area (Å²) in [6, 6.07) is 5.80. The van der Waals surface area contributed by atoms with Crippen LogP contribution in [0.5, 0.6) is 0 Å². The molecule has 1 saturated heterocycles. The van der Waals surface area contributed by atoms with E-state index in [0.29, 0.717) is 10.0 Å². The van der Waals surface area contributed by atoms with Gasteiger partial charge in [0, 0.05) is 34.4 Å². The summed E-state index contributed by atoms with van der Waals surface area (Å²) >= 11 is 12.2. The topological polar surface area (TPSA) is 15.3 Å². The first-order valence-corrected chi connectivity index (χ1v) is 7.80. The summed E-state index contributed by atoms with van der Waals surface area (Å²) in [6.07, 6.45) is 3.41. The molecule has 0 aliphatic carbocycles. The second-order valence-corrected chi connectivity index (χ2v) is 6.19. The highest BCUT2D eigenvalue weighted by Gasteiger charge is 2.30. The van der Waals surface area contributed by atoms with E-state index < -0.39 is 0 Å². The van der Waals surface area contributed by atoms with Crippen LogP contribution in [0.1, 0.15) is 33.1 Å². The zero-order valence-electron chi connectivity index (χ0n) is 11.7. The van der Waals surface area contributed by atoms with Crippen molar-refractivity contribution in [3.63, 3.8) is 0 Å². The maximum atomic E-state index is 6.12. The van der Waals surface area contributed by atoms with Gasteiger partial charge in [-0.3, -0.25) is 0 Å². The van der Waals surface area contributed by atoms with Crippen LogP contribution in [0.3, 0.4) is 0 Å². The van der Waals surface area contributed by atoms with E-state index in [2.05, 4.69) is 24.1 Å². The number of nitrogens with one attached hydrogen (secondary N) is 1. The van der Waals surface area contributed by atoms with Gasteiger partial charge in [-0.1, -0.05) is 37.0 Å². The molecule has 1 aromatic carbocycles. The molecule has 0 atom stereocenters. The van der Waals surface area contributed by atoms with Crippen LogP contribution >= 0.6 is 23.2 Å². The van der Waals surface area contributed by atoms with Gasteiger partial charge < -0.3 is 10.2 Å². The Balaban J connectivity index is 2.27. The van der Waals surface area contributed by atoms with E-state index in [-0.39, 0.29) is 5.54 Å². The van der Waals surface area contributed by atoms with E-state index in [1.165, 1.54) is 0 Å². The van der Waals surface area contributed by atoms with Crippen molar-refractivity contribution in [2.45, 2.75) is 38.6 Å². The van der Waals surface area contributed by atoms with E-state index in [9.17, 15) is 0 Å². The van der Waals surface area contributed by atoms with Crippen LogP contribution in [0.25, 0.3) is 0 Å². The van der Waals surface area contributed by atoms with Gasteiger partial charge in [0.1, 0.15) is 0 Å². The molecule has 1 heterocycles. The molecule has 1 aromatic rings. The van der Waals surface area contributed by atoms with Gasteiger partial charge in [-0.25, -0.2) is 0 Å². The van der Waals surface area contributed by atoms with E-state index in [0.717, 1.165) is 44.6 Å². The van der Waals surface area contributed by atoms with Gasteiger partial charge in [0.05, 0.1) is 0 Å². The van der Waals surface area contributed by atoms with E-state index in [4.69, 9.17) is 23.2 Å². The standard InChI is InChI=1S/C15H22Cl2N2/c1-3-15(4-2)11-19(7-5-6-18-15)14-9-12(16)8-13(17)10-14/h8-10,18H,3-7,11H2,1-2H3. The maximum absolute atomic E-state index is 6.12. The fraction of sp³-hybridized carbons (Fsp3) is 0.600. The van der Waals surface area contributed by atoms with Crippen LogP contribution < -0.4 is 10.2 Å². The molecule has 1 N–H and O–H groups in total. The lowest BCUT2D eigenvalue weighted by atomic mass is 9.92. The SMILES string of the molecule is CCC1(CC)CN(c2cc(Cl)cc(Cl)c2)CCCN1. The van der Waals surface area contributed by atoms with Crippen LogP contribution in [-0.4, -0.2) is 25.2 Å². The van der Waals surface area contributed by atoms with Crippen molar-refractivity contribution in [3.05, 3.63) is 28.2 Å². The van der Waals surface area contributed by atoms with Crippen molar-refractivity contribution >= 4 is 28.9 Å². The largest absolute Gasteiger partial charge is 0.370 e. The van der Waals surface area contributed by atoms with E-state index in [1.807, 2.05) is 12.1 Å². The minimum atomic E-state index is 0.200. The number of benzene rings is 1. The number of hydrogen-bond acceptors (Lipinski definition) is 2. The first-order valence-electron chi connectivity index (χ1n) is 7.04. The third-order valence-corrected chi connectivity index (χ3v) is 4.60. The molecule has 0 saturated carbocycles. The average molecular weight is 301 g/mol. The van der Waals surface area contributed by atoms with Crippen LogP contribution in [-0.2, 0) is 0 Å². The number of halogens is 2. The van der Waals surface area contributed by atoms with Crippen LogP contribution in [0.4, 0.5) is 5.69 Å². The molecular weight excluding hydrogens is 279 g/mol. The normalized spacial score (nSPS) is 19.3. The molecule has 4 heteroatoms. The third-order valence-electron chi connectivity index (χ3n) is 4.16. The lowest BCUT2D eigenvalue weighted by Gasteiger charge is -2.36. The predicted octanol–water partition coefficient (Wildman–Crippen LogP) is 4.35. The van der Waals surface area contributed by atoms with Crippen LogP contribution in [0, 0.1) is 0 Å². The minimum Gasteiger partial charge on any atom is -0.370 e. The van der Waals surface area contributed by atoms with Gasteiger partial charge >= 0.3 is 0 Å². The predicted molar refractivity (Wildman–Crippen MR) is 84.6 cm³/mol. The van der Waals surface area contributed by atoms with Gasteiger partial charge in [-0.05, 0) is 44.0 Å². The summed E-state index contributed by atoms with van der Waals surface area (Å²) in [5.74, 6) is 0. The molecule has 2 rings (SSSR count). The van der Waals surface area contributed by atoms with Gasteiger partial charge in [0.15, 0.2) is 0 Å². The molecule has 1 fully saturated rings. The summed E-state index contributed by atoms with van der Waals surface area (Å²) in [4.78, 5) is 2.41. The zero-order chi connectivity index (χ0) is 13.9. The summed E-state index contributed by atoms with van der Waals surface area (Å²) in [5.41, 5.74) is 1.33. The third kappa shape index (κ3) is 3.56. The summed E-state index contributed by atoms with van der Waals surface area (Å²) < 4.78 is 0. The smallest absolute Gasteiger partial charge is 0.0441 e. The van der Waals surface area contributed by atoms with Gasteiger partial charge in [0.2, 0.25) is 0 Å². The molecule has 106 valence electrons. The zero-order valence-corrected chi connectivity index (χ0v) is 13.2. The molecule has 0 aromatic heterocycles. The average Bonchev–Trinajstić information content (AvgIpc) is 2.61. The van der Waals surface area contributed by atoms with Crippen molar-refractivity contribution in [1.29, 1.82) is 0 Å². The quantitative estimate of drug-likeness (QED) is 0.893. The Bertz CT molecular complexity index is 410. The van der Waals surface area contributed by atoms with E-state index >= 15 is 0 Å². The fourth-order valence-corrected chi connectivity index (χ4v) is 3.30. The lowest BCUT2D eigenvalue weighted by Crippen LogP contribution is -2.50. The molecule has 1 aliphatic rings. The summed E-state index contributed by atoms with van der Waals surface area (Å²) in [7, 11) is 0. The molecule has 0 amide bonds. The van der Waals surface area contributed by atoms with Crippen LogP contribution in [0.2, 0.25) is 10.0 Å². The highest BCUT2D eigenvalue weighted by molar-refractivity contribution is 6.35. The van der Waals surface area contributed by atoms with Crippen LogP contribution in [0.15, 0.2) is 18.2 Å². The molecule has 2 nitrogen and oxygen atoms in total. The Kier molecular flexibility index (Phi) is 4.99. The van der Waals surface area contributed by atoms with Crippen molar-refractivity contribution in [1.82, 2.24) is 5.32 Å². The number of anilines is 1. The first kappa shape index (κ1) is 15.0. The summed E-state index contributed by atoms with van der Waals surface area (Å²) in [6.45, 7) is 7.64. The van der Waals surface area contributed by atoms with Gasteiger partial charge in [-0.15, -0.1) is 0 Å². The number of nitrogens with zero attached hydrogens (tertiary/aromatic N) is 1. The number of hydrogen-bond donors (Lipinski definition) is 1. The Morgan fingerprint density at radius 2 is 1.79 bits per heavy atom. The van der Waals surface area contributed by atoms with Crippen molar-refractivity contribution in [2.75, 3.05) is 24.5 Å². The second kappa shape index (κ2) is 6.34. The van der Waals surface area contributed by atoms with Crippen molar-refractivity contribution < 1.29 is 0 Å². The highest BCUT2D eigenvalue weighted by atomic mass is 35.5. The molecule has 0 radical (unpaired) electrons. The van der Waals surface area contributed by atoms with E-state index in [1.54, 1.807) is 6.07 Å². The highest BCUT2D eigenvalue weighted by Crippen LogP contribution is 2.29. The monoisotopic (exact) mass is 300 g/mol. The Morgan fingerprint density at radius 3 is 2.37 bits per heavy atom. The lowest BCUT2D eigenvalue weighted by molar-refractivity contribution is 0.321. The Labute approximate surface area is 126 Å². The summed E-state index contributed by atoms with van der Waals surface area (Å²) in [5, 5.41) is 5.13. The van der Waals surface area contributed by atoms with Crippen molar-refractivity contribution in [2.24, 2.45) is 0 Å². The molecule has 19 heavy (non-hydrogen) atoms. The molecule has 0 unspecified atom stereocenters. The Hall–Kier alpha value is -0.440. The molecule has 0 spiro atoms. The maximum Gasteiger partial charge on any atom is 0.0441 e.